The molecule has 0 atom stereocenters. The number of ether oxygens (including phenoxy) is 1. The summed E-state index contributed by atoms with van der Waals surface area (Å²) in [5.74, 6) is 0.797. The predicted octanol–water partition coefficient (Wildman–Crippen LogP) is 2.27. The van der Waals surface area contributed by atoms with Crippen molar-refractivity contribution in [3.8, 4) is 5.75 Å². The van der Waals surface area contributed by atoms with Crippen LogP contribution in [0, 0.1) is 6.92 Å². The van der Waals surface area contributed by atoms with Crippen LogP contribution in [0.3, 0.4) is 0 Å². The van der Waals surface area contributed by atoms with Gasteiger partial charge < -0.3 is 9.64 Å². The molecule has 18 heavy (non-hydrogen) atoms. The zero-order chi connectivity index (χ0) is 13.0. The zero-order valence-corrected chi connectivity index (χ0v) is 11.9. The first-order valence-electron chi connectivity index (χ1n) is 6.45. The highest BCUT2D eigenvalue weighted by Gasteiger charge is 2.13. The lowest BCUT2D eigenvalue weighted by atomic mass is 10.2. The molecule has 3 nitrogen and oxygen atoms in total. The molecule has 1 heterocycles. The van der Waals surface area contributed by atoms with Crippen LogP contribution in [0.1, 0.15) is 5.56 Å². The first-order valence-corrected chi connectivity index (χ1v) is 6.83. The molecule has 0 radical (unpaired) electrons. The quantitative estimate of drug-likeness (QED) is 0.833. The highest BCUT2D eigenvalue weighted by molar-refractivity contribution is 6.32. The third-order valence-electron chi connectivity index (χ3n) is 3.42. The van der Waals surface area contributed by atoms with Gasteiger partial charge in [-0.3, -0.25) is 4.90 Å². The Bertz CT molecular complexity index is 389. The minimum Gasteiger partial charge on any atom is -0.491 e. The van der Waals surface area contributed by atoms with Gasteiger partial charge in [-0.05, 0) is 25.6 Å². The van der Waals surface area contributed by atoms with Crippen molar-refractivity contribution in [1.29, 1.82) is 0 Å². The highest BCUT2D eigenvalue weighted by Crippen LogP contribution is 2.27. The van der Waals surface area contributed by atoms with Gasteiger partial charge in [-0.25, -0.2) is 0 Å². The zero-order valence-electron chi connectivity index (χ0n) is 11.2. The van der Waals surface area contributed by atoms with Crippen LogP contribution in [0.15, 0.2) is 18.2 Å². The molecule has 0 bridgehead atoms. The smallest absolute Gasteiger partial charge is 0.138 e. The molecule has 0 unspecified atom stereocenters. The van der Waals surface area contributed by atoms with E-state index in [0.717, 1.165) is 49.1 Å². The Morgan fingerprint density at radius 2 is 1.94 bits per heavy atom. The summed E-state index contributed by atoms with van der Waals surface area (Å²) in [6, 6.07) is 5.90. The molecule has 1 saturated heterocycles. The fourth-order valence-corrected chi connectivity index (χ4v) is 2.27. The second kappa shape index (κ2) is 6.41. The number of hydrogen-bond donors (Lipinski definition) is 0. The van der Waals surface area contributed by atoms with Crippen molar-refractivity contribution >= 4 is 11.6 Å². The standard InChI is InChI=1S/C14H21ClN2O/c1-12-4-3-5-13(14(12)15)18-11-10-17-8-6-16(2)7-9-17/h3-5H,6-11H2,1-2H3. The van der Waals surface area contributed by atoms with E-state index in [9.17, 15) is 0 Å². The van der Waals surface area contributed by atoms with Crippen LogP contribution in [-0.2, 0) is 0 Å². The maximum atomic E-state index is 6.19. The topological polar surface area (TPSA) is 15.7 Å². The molecule has 0 N–H and O–H groups in total. The summed E-state index contributed by atoms with van der Waals surface area (Å²) in [6.07, 6.45) is 0. The largest absolute Gasteiger partial charge is 0.491 e. The van der Waals surface area contributed by atoms with Crippen LogP contribution in [0.5, 0.6) is 5.75 Å². The van der Waals surface area contributed by atoms with E-state index in [1.807, 2.05) is 25.1 Å². The molecule has 100 valence electrons. The van der Waals surface area contributed by atoms with Gasteiger partial charge in [0.15, 0.2) is 0 Å². The Balaban J connectivity index is 1.77. The van der Waals surface area contributed by atoms with Gasteiger partial charge in [0.05, 0.1) is 5.02 Å². The van der Waals surface area contributed by atoms with Gasteiger partial charge in [-0.15, -0.1) is 0 Å². The molecular formula is C14H21ClN2O. The Morgan fingerprint density at radius 3 is 2.67 bits per heavy atom. The average molecular weight is 269 g/mol. The second-order valence-electron chi connectivity index (χ2n) is 4.88. The lowest BCUT2D eigenvalue weighted by molar-refractivity contribution is 0.134. The molecule has 1 aliphatic rings. The monoisotopic (exact) mass is 268 g/mol. The predicted molar refractivity (Wildman–Crippen MR) is 75.6 cm³/mol. The molecule has 1 aromatic rings. The van der Waals surface area contributed by atoms with E-state index >= 15 is 0 Å². The summed E-state index contributed by atoms with van der Waals surface area (Å²) >= 11 is 6.19. The Hall–Kier alpha value is -0.770. The van der Waals surface area contributed by atoms with E-state index in [1.165, 1.54) is 0 Å². The second-order valence-corrected chi connectivity index (χ2v) is 5.26. The number of aryl methyl sites for hydroxylation is 1. The van der Waals surface area contributed by atoms with E-state index in [-0.39, 0.29) is 0 Å². The van der Waals surface area contributed by atoms with Gasteiger partial charge in [0, 0.05) is 32.7 Å². The van der Waals surface area contributed by atoms with Crippen LogP contribution in [0.25, 0.3) is 0 Å². The number of halogens is 1. The molecule has 0 aromatic heterocycles. The molecule has 0 aliphatic carbocycles. The van der Waals surface area contributed by atoms with Crippen molar-refractivity contribution in [2.75, 3.05) is 46.4 Å². The van der Waals surface area contributed by atoms with Crippen molar-refractivity contribution in [3.05, 3.63) is 28.8 Å². The summed E-state index contributed by atoms with van der Waals surface area (Å²) in [6.45, 7) is 8.21. The van der Waals surface area contributed by atoms with Crippen LogP contribution < -0.4 is 4.74 Å². The Morgan fingerprint density at radius 1 is 1.22 bits per heavy atom. The van der Waals surface area contributed by atoms with E-state index in [0.29, 0.717) is 6.61 Å². The average Bonchev–Trinajstić information content (AvgIpc) is 2.37. The molecular weight excluding hydrogens is 248 g/mol. The number of benzene rings is 1. The van der Waals surface area contributed by atoms with Gasteiger partial charge in [0.25, 0.3) is 0 Å². The minimum atomic E-state index is 0.701. The molecule has 1 aliphatic heterocycles. The van der Waals surface area contributed by atoms with Gasteiger partial charge >= 0.3 is 0 Å². The van der Waals surface area contributed by atoms with Gasteiger partial charge in [-0.2, -0.15) is 0 Å². The Kier molecular flexibility index (Phi) is 4.87. The number of nitrogens with zero attached hydrogens (tertiary/aromatic N) is 2. The van der Waals surface area contributed by atoms with E-state index in [4.69, 9.17) is 16.3 Å². The Labute approximate surface area is 114 Å². The SMILES string of the molecule is Cc1cccc(OCCN2CCN(C)CC2)c1Cl. The van der Waals surface area contributed by atoms with Crippen molar-refractivity contribution < 1.29 is 4.74 Å². The number of likely N-dealkylation sites (N-methyl/N-ethyl adjacent to an activating group) is 1. The first-order chi connectivity index (χ1) is 8.66. The first kappa shape index (κ1) is 13.7. The van der Waals surface area contributed by atoms with Gasteiger partial charge in [0.1, 0.15) is 12.4 Å². The fraction of sp³-hybridized carbons (Fsp3) is 0.571. The maximum Gasteiger partial charge on any atom is 0.138 e. The van der Waals surface area contributed by atoms with Crippen molar-refractivity contribution in [2.24, 2.45) is 0 Å². The summed E-state index contributed by atoms with van der Waals surface area (Å²) in [4.78, 5) is 4.79. The van der Waals surface area contributed by atoms with E-state index in [2.05, 4.69) is 16.8 Å². The minimum absolute atomic E-state index is 0.701. The number of piperazine rings is 1. The van der Waals surface area contributed by atoms with Crippen molar-refractivity contribution in [1.82, 2.24) is 9.80 Å². The molecule has 1 aromatic carbocycles. The van der Waals surface area contributed by atoms with Crippen molar-refractivity contribution in [3.63, 3.8) is 0 Å². The van der Waals surface area contributed by atoms with E-state index < -0.39 is 0 Å². The molecule has 0 amide bonds. The summed E-state index contributed by atoms with van der Waals surface area (Å²) in [5, 5.41) is 0.732. The third-order valence-corrected chi connectivity index (χ3v) is 3.90. The third kappa shape index (κ3) is 3.61. The van der Waals surface area contributed by atoms with Crippen LogP contribution in [-0.4, -0.2) is 56.2 Å². The number of hydrogen-bond acceptors (Lipinski definition) is 3. The molecule has 4 heteroatoms. The molecule has 0 spiro atoms. The highest BCUT2D eigenvalue weighted by atomic mass is 35.5. The lowest BCUT2D eigenvalue weighted by Crippen LogP contribution is -2.45. The lowest BCUT2D eigenvalue weighted by Gasteiger charge is -2.32. The molecule has 0 saturated carbocycles. The molecule has 2 rings (SSSR count). The molecule has 1 fully saturated rings. The van der Waals surface area contributed by atoms with Crippen LogP contribution in [0.2, 0.25) is 5.02 Å². The van der Waals surface area contributed by atoms with Gasteiger partial charge in [-0.1, -0.05) is 23.7 Å². The van der Waals surface area contributed by atoms with Crippen molar-refractivity contribution in [2.45, 2.75) is 6.92 Å². The van der Waals surface area contributed by atoms with Crippen LogP contribution in [0.4, 0.5) is 0 Å². The number of rotatable bonds is 4. The normalized spacial score (nSPS) is 17.9. The fourth-order valence-electron chi connectivity index (χ4n) is 2.09. The maximum absolute atomic E-state index is 6.19. The van der Waals surface area contributed by atoms with Crippen LogP contribution >= 0.6 is 11.6 Å². The summed E-state index contributed by atoms with van der Waals surface area (Å²) in [5.41, 5.74) is 1.06. The summed E-state index contributed by atoms with van der Waals surface area (Å²) < 4.78 is 5.76. The van der Waals surface area contributed by atoms with Gasteiger partial charge in [0.2, 0.25) is 0 Å². The van der Waals surface area contributed by atoms with E-state index in [1.54, 1.807) is 0 Å². The summed E-state index contributed by atoms with van der Waals surface area (Å²) in [7, 11) is 2.17.